The van der Waals surface area contributed by atoms with Gasteiger partial charge in [-0.1, -0.05) is 56.5 Å². The van der Waals surface area contributed by atoms with E-state index in [0.29, 0.717) is 0 Å². The zero-order valence-electron chi connectivity index (χ0n) is 18.0. The molecule has 3 aromatic rings. The lowest BCUT2D eigenvalue weighted by Crippen LogP contribution is -2.51. The third-order valence-electron chi connectivity index (χ3n) is 6.73. The maximum Gasteiger partial charge on any atom is 0.141 e. The first-order valence-corrected chi connectivity index (χ1v) is 12.4. The Balaban J connectivity index is 1.40. The molecule has 5 heteroatoms. The number of rotatable bonds is 5. The first kappa shape index (κ1) is 20.0. The number of anilines is 1. The van der Waals surface area contributed by atoms with Crippen molar-refractivity contribution in [1.29, 1.82) is 0 Å². The Bertz CT molecular complexity index is 969. The average molecular weight is 421 g/mol. The summed E-state index contributed by atoms with van der Waals surface area (Å²) in [5.74, 6) is 2.10. The van der Waals surface area contributed by atoms with Gasteiger partial charge < -0.3 is 4.90 Å². The predicted molar refractivity (Wildman–Crippen MR) is 127 cm³/mol. The monoisotopic (exact) mass is 420 g/mol. The summed E-state index contributed by atoms with van der Waals surface area (Å²) in [7, 11) is 0. The molecule has 0 unspecified atom stereocenters. The van der Waals surface area contributed by atoms with Crippen molar-refractivity contribution in [2.75, 3.05) is 31.1 Å². The molecule has 2 fully saturated rings. The Hall–Kier alpha value is -1.98. The van der Waals surface area contributed by atoms with Crippen molar-refractivity contribution in [3.63, 3.8) is 0 Å². The molecule has 1 aromatic carbocycles. The van der Waals surface area contributed by atoms with E-state index in [9.17, 15) is 0 Å². The molecule has 5 rings (SSSR count). The van der Waals surface area contributed by atoms with Gasteiger partial charge in [-0.15, -0.1) is 11.3 Å². The van der Waals surface area contributed by atoms with Crippen LogP contribution >= 0.6 is 11.3 Å². The zero-order chi connectivity index (χ0) is 20.3. The fraction of sp³-hybridized carbons (Fsp3) is 0.520. The molecule has 1 saturated carbocycles. The fourth-order valence-electron chi connectivity index (χ4n) is 5.02. The lowest BCUT2D eigenvalue weighted by atomic mass is 9.94. The zero-order valence-corrected chi connectivity index (χ0v) is 18.8. The van der Waals surface area contributed by atoms with Gasteiger partial charge in [0.15, 0.2) is 0 Å². The number of nitrogens with zero attached hydrogens (tertiary/aromatic N) is 4. The van der Waals surface area contributed by atoms with E-state index in [0.717, 1.165) is 61.5 Å². The highest BCUT2D eigenvalue weighted by molar-refractivity contribution is 7.18. The van der Waals surface area contributed by atoms with Crippen molar-refractivity contribution in [2.45, 2.75) is 57.9 Å². The van der Waals surface area contributed by atoms with Crippen molar-refractivity contribution in [2.24, 2.45) is 0 Å². The lowest BCUT2D eigenvalue weighted by molar-refractivity contribution is 0.148. The van der Waals surface area contributed by atoms with Crippen LogP contribution in [-0.4, -0.2) is 47.1 Å². The van der Waals surface area contributed by atoms with Crippen LogP contribution in [0, 0.1) is 0 Å². The van der Waals surface area contributed by atoms with Gasteiger partial charge in [-0.05, 0) is 30.9 Å². The number of hydrogen-bond donors (Lipinski definition) is 0. The van der Waals surface area contributed by atoms with Crippen LogP contribution in [0.2, 0.25) is 0 Å². The molecule has 1 aliphatic carbocycles. The van der Waals surface area contributed by atoms with E-state index in [2.05, 4.69) is 53.1 Å². The van der Waals surface area contributed by atoms with E-state index in [1.54, 1.807) is 0 Å². The lowest BCUT2D eigenvalue weighted by Gasteiger charge is -2.41. The first-order chi connectivity index (χ1) is 14.8. The quantitative estimate of drug-likeness (QED) is 0.561. The Labute approximate surface area is 184 Å². The fourth-order valence-corrected chi connectivity index (χ4v) is 6.00. The van der Waals surface area contributed by atoms with Crippen LogP contribution in [0.3, 0.4) is 0 Å². The second-order valence-corrected chi connectivity index (χ2v) is 9.84. The second kappa shape index (κ2) is 9.03. The minimum absolute atomic E-state index is 0.797. The van der Waals surface area contributed by atoms with Crippen molar-refractivity contribution < 1.29 is 0 Å². The molecule has 1 aliphatic heterocycles. The van der Waals surface area contributed by atoms with Gasteiger partial charge in [-0.2, -0.15) is 0 Å². The summed E-state index contributed by atoms with van der Waals surface area (Å²) in [5.41, 5.74) is 1.28. The average Bonchev–Trinajstić information content (AvgIpc) is 3.23. The van der Waals surface area contributed by atoms with E-state index in [-0.39, 0.29) is 0 Å². The normalized spacial score (nSPS) is 18.9. The van der Waals surface area contributed by atoms with Gasteiger partial charge in [0, 0.05) is 43.5 Å². The van der Waals surface area contributed by atoms with E-state index in [1.807, 2.05) is 11.3 Å². The molecule has 0 spiro atoms. The molecule has 0 atom stereocenters. The first-order valence-electron chi connectivity index (χ1n) is 11.6. The topological polar surface area (TPSA) is 32.3 Å². The molecular weight excluding hydrogens is 388 g/mol. The van der Waals surface area contributed by atoms with Crippen LogP contribution in [0.1, 0.15) is 55.3 Å². The largest absolute Gasteiger partial charge is 0.353 e. The van der Waals surface area contributed by atoms with E-state index >= 15 is 0 Å². The van der Waals surface area contributed by atoms with Crippen molar-refractivity contribution in [1.82, 2.24) is 14.9 Å². The molecular formula is C25H32N4S. The minimum Gasteiger partial charge on any atom is -0.353 e. The number of thiophene rings is 1. The Morgan fingerprint density at radius 1 is 0.967 bits per heavy atom. The summed E-state index contributed by atoms with van der Waals surface area (Å²) in [4.78, 5) is 17.9. The van der Waals surface area contributed by atoms with Crippen LogP contribution < -0.4 is 4.90 Å². The highest BCUT2D eigenvalue weighted by atomic mass is 32.1. The Morgan fingerprint density at radius 2 is 1.73 bits per heavy atom. The van der Waals surface area contributed by atoms with Crippen molar-refractivity contribution in [3.8, 4) is 0 Å². The minimum atomic E-state index is 0.797. The molecule has 0 amide bonds. The predicted octanol–water partition coefficient (Wildman–Crippen LogP) is 5.30. The van der Waals surface area contributed by atoms with Gasteiger partial charge in [0.25, 0.3) is 0 Å². The smallest absolute Gasteiger partial charge is 0.141 e. The van der Waals surface area contributed by atoms with E-state index in [4.69, 9.17) is 9.97 Å². The molecule has 2 aliphatic rings. The maximum absolute atomic E-state index is 5.11. The van der Waals surface area contributed by atoms with E-state index < -0.39 is 0 Å². The van der Waals surface area contributed by atoms with Gasteiger partial charge in [0.05, 0.1) is 5.39 Å². The van der Waals surface area contributed by atoms with Gasteiger partial charge in [-0.25, -0.2) is 9.97 Å². The summed E-state index contributed by atoms with van der Waals surface area (Å²) in [5, 5.41) is 1.25. The van der Waals surface area contributed by atoms with Crippen LogP contribution in [0.15, 0.2) is 36.4 Å². The van der Waals surface area contributed by atoms with Gasteiger partial charge in [0.2, 0.25) is 0 Å². The highest BCUT2D eigenvalue weighted by Gasteiger charge is 2.27. The number of fused-ring (bicyclic) bond motifs is 1. The molecule has 3 heterocycles. The number of hydrogen-bond acceptors (Lipinski definition) is 5. The molecule has 30 heavy (non-hydrogen) atoms. The summed E-state index contributed by atoms with van der Waals surface area (Å²) < 4.78 is 0. The van der Waals surface area contributed by atoms with Gasteiger partial charge >= 0.3 is 0 Å². The second-order valence-electron chi connectivity index (χ2n) is 8.73. The van der Waals surface area contributed by atoms with Gasteiger partial charge in [0.1, 0.15) is 16.5 Å². The summed E-state index contributed by atoms with van der Waals surface area (Å²) in [6, 6.07) is 13.7. The molecule has 1 saturated heterocycles. The summed E-state index contributed by atoms with van der Waals surface area (Å²) >= 11 is 1.84. The summed E-state index contributed by atoms with van der Waals surface area (Å²) in [6.07, 6.45) is 8.89. The third kappa shape index (κ3) is 4.23. The number of aromatic nitrogens is 2. The van der Waals surface area contributed by atoms with Crippen LogP contribution in [-0.2, 0) is 12.8 Å². The highest BCUT2D eigenvalue weighted by Crippen LogP contribution is 2.33. The molecule has 2 aromatic heterocycles. The Morgan fingerprint density at radius 3 is 2.47 bits per heavy atom. The van der Waals surface area contributed by atoms with Crippen molar-refractivity contribution >= 4 is 27.4 Å². The summed E-state index contributed by atoms with van der Waals surface area (Å²) in [6.45, 7) is 6.70. The van der Waals surface area contributed by atoms with Crippen LogP contribution in [0.25, 0.3) is 10.2 Å². The molecule has 0 radical (unpaired) electrons. The SMILES string of the molecule is CCc1cc2c(N3CCN(C4CCCCC4)CC3)nc(Cc3ccccc3)nc2s1. The van der Waals surface area contributed by atoms with Crippen LogP contribution in [0.5, 0.6) is 0 Å². The van der Waals surface area contributed by atoms with Crippen LogP contribution in [0.4, 0.5) is 5.82 Å². The number of piperazine rings is 1. The molecule has 0 bridgehead atoms. The van der Waals surface area contributed by atoms with Gasteiger partial charge in [-0.3, -0.25) is 4.90 Å². The molecule has 0 N–H and O–H groups in total. The number of benzene rings is 1. The van der Waals surface area contributed by atoms with Crippen molar-refractivity contribution in [3.05, 3.63) is 52.7 Å². The third-order valence-corrected chi connectivity index (χ3v) is 7.90. The number of aryl methyl sites for hydroxylation is 1. The van der Waals surface area contributed by atoms with E-state index in [1.165, 1.54) is 47.9 Å². The maximum atomic E-state index is 5.11. The Kier molecular flexibility index (Phi) is 6.00. The molecule has 158 valence electrons. The molecule has 4 nitrogen and oxygen atoms in total. The standard InChI is InChI=1S/C25H32N4S/c1-2-21-18-22-24(29-15-13-28(14-16-29)20-11-7-4-8-12-20)26-23(27-25(22)30-21)17-19-9-5-3-6-10-19/h3,5-6,9-10,18,20H,2,4,7-8,11-17H2,1H3.